The molecule has 2 nitrogen and oxygen atoms in total. The molecule has 0 heterocycles. The predicted molar refractivity (Wildman–Crippen MR) is 69.1 cm³/mol. The summed E-state index contributed by atoms with van der Waals surface area (Å²) in [6.07, 6.45) is 6.63. The van der Waals surface area contributed by atoms with E-state index < -0.39 is 0 Å². The van der Waals surface area contributed by atoms with Gasteiger partial charge in [-0.15, -0.1) is 0 Å². The third-order valence-corrected chi connectivity index (χ3v) is 4.88. The van der Waals surface area contributed by atoms with Crippen LogP contribution in [-0.2, 0) is 21.4 Å². The Labute approximate surface area is 107 Å². The van der Waals surface area contributed by atoms with Crippen LogP contribution in [0.25, 0.3) is 6.08 Å². The Hall–Kier alpha value is -1.57. The van der Waals surface area contributed by atoms with Gasteiger partial charge < -0.3 is 4.74 Å². The van der Waals surface area contributed by atoms with E-state index in [1.807, 2.05) is 6.92 Å². The van der Waals surface area contributed by atoms with Crippen molar-refractivity contribution in [1.29, 1.82) is 0 Å². The highest BCUT2D eigenvalue weighted by Gasteiger charge is 2.71. The number of rotatable bonds is 2. The fourth-order valence-corrected chi connectivity index (χ4v) is 4.19. The van der Waals surface area contributed by atoms with Crippen LogP contribution in [-0.4, -0.2) is 12.6 Å². The molecule has 0 amide bonds. The highest BCUT2D eigenvalue weighted by atomic mass is 16.5. The molecule has 18 heavy (non-hydrogen) atoms. The molecule has 1 saturated carbocycles. The number of esters is 1. The van der Waals surface area contributed by atoms with Crippen LogP contribution in [0.2, 0.25) is 0 Å². The van der Waals surface area contributed by atoms with Gasteiger partial charge in [0.25, 0.3) is 0 Å². The lowest BCUT2D eigenvalue weighted by Crippen LogP contribution is -2.16. The smallest absolute Gasteiger partial charge is 0.310 e. The molecule has 0 saturated heterocycles. The summed E-state index contributed by atoms with van der Waals surface area (Å²) >= 11 is 0. The summed E-state index contributed by atoms with van der Waals surface area (Å²) in [7, 11) is 0. The average molecular weight is 240 g/mol. The molecule has 3 atom stereocenters. The van der Waals surface area contributed by atoms with Crippen LogP contribution >= 0.6 is 0 Å². The first-order chi connectivity index (χ1) is 8.79. The zero-order valence-electron chi connectivity index (χ0n) is 10.5. The molecule has 0 bridgehead atoms. The number of benzene rings is 1. The molecule has 4 rings (SSSR count). The van der Waals surface area contributed by atoms with Gasteiger partial charge in [-0.05, 0) is 36.5 Å². The van der Waals surface area contributed by atoms with Crippen molar-refractivity contribution in [2.75, 3.05) is 6.61 Å². The maximum absolute atomic E-state index is 12.1. The number of hydrogen-bond donors (Lipinski definition) is 0. The van der Waals surface area contributed by atoms with Gasteiger partial charge in [0.15, 0.2) is 0 Å². The second kappa shape index (κ2) is 3.25. The minimum Gasteiger partial charge on any atom is -0.466 e. The fourth-order valence-electron chi connectivity index (χ4n) is 4.19. The molecule has 2 heteroatoms. The lowest BCUT2D eigenvalue weighted by Gasteiger charge is -2.17. The molecule has 1 aromatic carbocycles. The number of aryl methyl sites for hydroxylation is 1. The Morgan fingerprint density at radius 3 is 3.22 bits per heavy atom. The molecule has 92 valence electrons. The van der Waals surface area contributed by atoms with Gasteiger partial charge in [-0.3, -0.25) is 4.79 Å². The van der Waals surface area contributed by atoms with Crippen molar-refractivity contribution in [2.45, 2.75) is 25.2 Å². The first-order valence-corrected chi connectivity index (χ1v) is 6.76. The lowest BCUT2D eigenvalue weighted by atomic mass is 9.86. The molecule has 0 radical (unpaired) electrons. The van der Waals surface area contributed by atoms with Crippen LogP contribution in [0.5, 0.6) is 0 Å². The molecule has 1 fully saturated rings. The van der Waals surface area contributed by atoms with E-state index in [0.29, 0.717) is 12.5 Å². The molecule has 1 spiro atoms. The second-order valence-corrected chi connectivity index (χ2v) is 5.54. The Balaban J connectivity index is 1.82. The number of hydrogen-bond acceptors (Lipinski definition) is 2. The van der Waals surface area contributed by atoms with Crippen molar-refractivity contribution in [3.05, 3.63) is 41.0 Å². The summed E-state index contributed by atoms with van der Waals surface area (Å²) in [5.74, 6) is 0.447. The van der Waals surface area contributed by atoms with E-state index in [2.05, 4.69) is 30.4 Å². The largest absolute Gasteiger partial charge is 0.466 e. The van der Waals surface area contributed by atoms with E-state index in [1.165, 1.54) is 16.7 Å². The van der Waals surface area contributed by atoms with Gasteiger partial charge in [-0.1, -0.05) is 30.4 Å². The highest BCUT2D eigenvalue weighted by molar-refractivity contribution is 5.85. The Bertz CT molecular complexity index is 572. The van der Waals surface area contributed by atoms with E-state index >= 15 is 0 Å². The number of carbonyl (C=O) groups excluding carboxylic acids is 1. The Kier molecular flexibility index (Phi) is 1.87. The monoisotopic (exact) mass is 240 g/mol. The summed E-state index contributed by atoms with van der Waals surface area (Å²) in [6, 6.07) is 6.50. The van der Waals surface area contributed by atoms with Gasteiger partial charge in [0, 0.05) is 11.3 Å². The molecule has 0 aliphatic heterocycles. The van der Waals surface area contributed by atoms with Gasteiger partial charge in [0.1, 0.15) is 0 Å². The Morgan fingerprint density at radius 1 is 1.50 bits per heavy atom. The van der Waals surface area contributed by atoms with Crippen LogP contribution in [0.3, 0.4) is 0 Å². The predicted octanol–water partition coefficient (Wildman–Crippen LogP) is 2.71. The van der Waals surface area contributed by atoms with Crippen molar-refractivity contribution in [3.8, 4) is 0 Å². The number of ether oxygens (including phenoxy) is 1. The minimum atomic E-state index is -0.00305. The van der Waals surface area contributed by atoms with Crippen molar-refractivity contribution < 1.29 is 9.53 Å². The third kappa shape index (κ3) is 1.02. The molecule has 3 aliphatic rings. The molecule has 3 unspecified atom stereocenters. The van der Waals surface area contributed by atoms with Crippen molar-refractivity contribution in [1.82, 2.24) is 0 Å². The quantitative estimate of drug-likeness (QED) is 0.743. The molecular weight excluding hydrogens is 224 g/mol. The van der Waals surface area contributed by atoms with Gasteiger partial charge in [-0.2, -0.15) is 0 Å². The third-order valence-electron chi connectivity index (χ3n) is 4.88. The molecule has 0 aromatic heterocycles. The van der Waals surface area contributed by atoms with Crippen LogP contribution < -0.4 is 0 Å². The lowest BCUT2D eigenvalue weighted by molar-refractivity contribution is -0.145. The maximum Gasteiger partial charge on any atom is 0.310 e. The van der Waals surface area contributed by atoms with E-state index in [4.69, 9.17) is 4.74 Å². The van der Waals surface area contributed by atoms with Gasteiger partial charge in [0.05, 0.1) is 12.5 Å². The van der Waals surface area contributed by atoms with Crippen LogP contribution in [0, 0.1) is 11.8 Å². The summed E-state index contributed by atoms with van der Waals surface area (Å²) in [5, 5.41) is 0. The first kappa shape index (κ1) is 10.4. The summed E-state index contributed by atoms with van der Waals surface area (Å²) in [5.41, 5.74) is 4.28. The molecule has 0 N–H and O–H groups in total. The SMILES string of the molecule is CCOC(=O)C1C2C=Cc3cccc4c3C21CC4. The van der Waals surface area contributed by atoms with E-state index in [-0.39, 0.29) is 17.3 Å². The number of allylic oxidation sites excluding steroid dienone is 1. The zero-order valence-corrected chi connectivity index (χ0v) is 10.5. The van der Waals surface area contributed by atoms with E-state index in [9.17, 15) is 4.79 Å². The minimum absolute atomic E-state index is 0.00305. The van der Waals surface area contributed by atoms with Gasteiger partial charge >= 0.3 is 5.97 Å². The maximum atomic E-state index is 12.1. The second-order valence-electron chi connectivity index (χ2n) is 5.54. The topological polar surface area (TPSA) is 26.3 Å². The molecular formula is C16H16O2. The number of carbonyl (C=O) groups is 1. The normalized spacial score (nSPS) is 33.8. The van der Waals surface area contributed by atoms with Crippen molar-refractivity contribution >= 4 is 12.0 Å². The van der Waals surface area contributed by atoms with E-state index in [0.717, 1.165) is 12.8 Å². The van der Waals surface area contributed by atoms with Crippen LogP contribution in [0.1, 0.15) is 30.0 Å². The summed E-state index contributed by atoms with van der Waals surface area (Å²) < 4.78 is 5.25. The van der Waals surface area contributed by atoms with Crippen molar-refractivity contribution in [2.24, 2.45) is 11.8 Å². The van der Waals surface area contributed by atoms with E-state index in [1.54, 1.807) is 0 Å². The summed E-state index contributed by atoms with van der Waals surface area (Å²) in [6.45, 7) is 2.36. The molecule has 3 aliphatic carbocycles. The van der Waals surface area contributed by atoms with Crippen molar-refractivity contribution in [3.63, 3.8) is 0 Å². The zero-order chi connectivity index (χ0) is 12.3. The first-order valence-electron chi connectivity index (χ1n) is 6.76. The van der Waals surface area contributed by atoms with Gasteiger partial charge in [0.2, 0.25) is 0 Å². The van der Waals surface area contributed by atoms with Crippen LogP contribution in [0.4, 0.5) is 0 Å². The molecule has 1 aromatic rings. The highest BCUT2D eigenvalue weighted by Crippen LogP contribution is 2.69. The van der Waals surface area contributed by atoms with Crippen LogP contribution in [0.15, 0.2) is 24.3 Å². The Morgan fingerprint density at radius 2 is 2.39 bits per heavy atom. The summed E-state index contributed by atoms with van der Waals surface area (Å²) in [4.78, 5) is 12.1. The average Bonchev–Trinajstić information content (AvgIpc) is 2.89. The standard InChI is InChI=1S/C16H16O2/c1-2-18-15(17)14-12-7-6-10-4-3-5-11-8-9-16(12,14)13(10)11/h3-7,12,14H,2,8-9H2,1H3. The fraction of sp³-hybridized carbons (Fsp3) is 0.438. The van der Waals surface area contributed by atoms with Gasteiger partial charge in [-0.25, -0.2) is 0 Å².